The molecule has 0 radical (unpaired) electrons. The predicted molar refractivity (Wildman–Crippen MR) is 80.5 cm³/mol. The molecule has 2 aliphatic rings. The van der Waals surface area contributed by atoms with Crippen LogP contribution in [0.1, 0.15) is 12.8 Å². The quantitative estimate of drug-likeness (QED) is 0.913. The molecule has 3 atom stereocenters. The van der Waals surface area contributed by atoms with E-state index in [1.165, 1.54) is 0 Å². The van der Waals surface area contributed by atoms with Crippen molar-refractivity contribution < 1.29 is 18.4 Å². The largest absolute Gasteiger partial charge is 0.490 e. The van der Waals surface area contributed by atoms with Gasteiger partial charge in [-0.3, -0.25) is 4.21 Å². The highest BCUT2D eigenvalue weighted by molar-refractivity contribution is 7.85. The number of ether oxygens (including phenoxy) is 3. The van der Waals surface area contributed by atoms with Crippen molar-refractivity contribution in [3.63, 3.8) is 0 Å². The van der Waals surface area contributed by atoms with Crippen molar-refractivity contribution in [1.29, 1.82) is 0 Å². The van der Waals surface area contributed by atoms with E-state index in [1.807, 2.05) is 25.2 Å². The predicted octanol–water partition coefficient (Wildman–Crippen LogP) is 1.33. The van der Waals surface area contributed by atoms with E-state index in [0.717, 1.165) is 30.1 Å². The molecule has 1 fully saturated rings. The van der Waals surface area contributed by atoms with Gasteiger partial charge >= 0.3 is 0 Å². The van der Waals surface area contributed by atoms with Gasteiger partial charge in [-0.15, -0.1) is 0 Å². The highest BCUT2D eigenvalue weighted by Gasteiger charge is 2.31. The number of fused-ring (bicyclic) bond motifs is 1. The monoisotopic (exact) mass is 311 g/mol. The van der Waals surface area contributed by atoms with Gasteiger partial charge in [0.2, 0.25) is 0 Å². The molecule has 21 heavy (non-hydrogen) atoms. The Hall–Kier alpha value is -1.11. The minimum Gasteiger partial charge on any atom is -0.490 e. The molecule has 0 aliphatic carbocycles. The third-order valence-corrected chi connectivity index (χ3v) is 5.63. The Bertz CT molecular complexity index is 522. The van der Waals surface area contributed by atoms with Crippen LogP contribution in [0, 0.1) is 0 Å². The Kier molecular flexibility index (Phi) is 4.77. The highest BCUT2D eigenvalue weighted by Crippen LogP contribution is 2.32. The molecule has 0 aromatic heterocycles. The van der Waals surface area contributed by atoms with E-state index in [2.05, 4.69) is 5.32 Å². The van der Waals surface area contributed by atoms with Crippen LogP contribution in [0.3, 0.4) is 0 Å². The van der Waals surface area contributed by atoms with Crippen LogP contribution in [0.5, 0.6) is 11.5 Å². The molecule has 1 saturated heterocycles. The van der Waals surface area contributed by atoms with Gasteiger partial charge in [-0.05, 0) is 25.6 Å². The van der Waals surface area contributed by atoms with Crippen LogP contribution in [0.2, 0.25) is 0 Å². The summed E-state index contributed by atoms with van der Waals surface area (Å²) in [6, 6.07) is 5.78. The fraction of sp³-hybridized carbons (Fsp3) is 0.600. The van der Waals surface area contributed by atoms with Crippen molar-refractivity contribution in [1.82, 2.24) is 5.32 Å². The van der Waals surface area contributed by atoms with Gasteiger partial charge in [0.05, 0.1) is 35.9 Å². The summed E-state index contributed by atoms with van der Waals surface area (Å²) in [5.74, 6) is 1.43. The van der Waals surface area contributed by atoms with Crippen LogP contribution in [0.4, 0.5) is 0 Å². The van der Waals surface area contributed by atoms with E-state index in [9.17, 15) is 4.21 Å². The fourth-order valence-electron chi connectivity index (χ4n) is 2.70. The molecule has 0 amide bonds. The molecule has 0 saturated carbocycles. The van der Waals surface area contributed by atoms with Gasteiger partial charge in [-0.25, -0.2) is 0 Å². The summed E-state index contributed by atoms with van der Waals surface area (Å²) in [7, 11) is 0.784. The Balaban J connectivity index is 1.82. The Labute approximate surface area is 127 Å². The summed E-state index contributed by atoms with van der Waals surface area (Å²) in [5, 5.41) is 3.21. The number of hydrogen-bond acceptors (Lipinski definition) is 5. The maximum atomic E-state index is 12.8. The standard InChI is InChI=1S/C15H21NO4S/c1-16-12-5-8-18-10-15(12)21(17)11-3-4-13-14(9-11)20-7-2-6-19-13/h3-4,9,12,15-16H,2,5-8,10H2,1H3. The van der Waals surface area contributed by atoms with E-state index in [0.29, 0.717) is 25.6 Å². The lowest BCUT2D eigenvalue weighted by molar-refractivity contribution is 0.0838. The van der Waals surface area contributed by atoms with Crippen molar-refractivity contribution in [2.24, 2.45) is 0 Å². The third-order valence-electron chi connectivity index (χ3n) is 3.90. The average Bonchev–Trinajstić information content (AvgIpc) is 2.78. The SMILES string of the molecule is CNC1CCOCC1S(=O)c1ccc2c(c1)OCCCO2. The number of hydrogen-bond donors (Lipinski definition) is 1. The summed E-state index contributed by atoms with van der Waals surface area (Å²) in [5.41, 5.74) is 0. The van der Waals surface area contributed by atoms with Gasteiger partial charge in [-0.1, -0.05) is 0 Å². The van der Waals surface area contributed by atoms with E-state index in [1.54, 1.807) is 0 Å². The van der Waals surface area contributed by atoms with Gasteiger partial charge in [0, 0.05) is 30.0 Å². The fourth-order valence-corrected chi connectivity index (χ4v) is 4.26. The Morgan fingerprint density at radius 1 is 1.19 bits per heavy atom. The molecule has 2 heterocycles. The average molecular weight is 311 g/mol. The van der Waals surface area contributed by atoms with Crippen molar-refractivity contribution >= 4 is 10.8 Å². The molecule has 3 rings (SSSR count). The molecule has 5 nitrogen and oxygen atoms in total. The minimum atomic E-state index is -1.13. The Morgan fingerprint density at radius 2 is 2.00 bits per heavy atom. The zero-order valence-electron chi connectivity index (χ0n) is 12.2. The van der Waals surface area contributed by atoms with Crippen LogP contribution in [0.25, 0.3) is 0 Å². The summed E-state index contributed by atoms with van der Waals surface area (Å²) < 4.78 is 29.6. The van der Waals surface area contributed by atoms with Crippen molar-refractivity contribution in [3.8, 4) is 11.5 Å². The second-order valence-corrected chi connectivity index (χ2v) is 6.93. The lowest BCUT2D eigenvalue weighted by Gasteiger charge is -2.30. The topological polar surface area (TPSA) is 56.8 Å². The lowest BCUT2D eigenvalue weighted by Crippen LogP contribution is -2.47. The van der Waals surface area contributed by atoms with Crippen LogP contribution in [0.15, 0.2) is 23.1 Å². The molecule has 1 aromatic rings. The van der Waals surface area contributed by atoms with Gasteiger partial charge in [0.1, 0.15) is 0 Å². The third kappa shape index (κ3) is 3.22. The molecular formula is C15H21NO4S. The highest BCUT2D eigenvalue weighted by atomic mass is 32.2. The van der Waals surface area contributed by atoms with Crippen LogP contribution in [-0.2, 0) is 15.5 Å². The normalized spacial score (nSPS) is 26.9. The van der Waals surface area contributed by atoms with E-state index < -0.39 is 10.8 Å². The first-order chi connectivity index (χ1) is 10.3. The number of rotatable bonds is 3. The summed E-state index contributed by atoms with van der Waals surface area (Å²) in [4.78, 5) is 0.773. The first-order valence-electron chi connectivity index (χ1n) is 7.35. The maximum absolute atomic E-state index is 12.8. The molecule has 2 aliphatic heterocycles. The molecular weight excluding hydrogens is 290 g/mol. The molecule has 6 heteroatoms. The zero-order valence-corrected chi connectivity index (χ0v) is 13.0. The van der Waals surface area contributed by atoms with Crippen molar-refractivity contribution in [3.05, 3.63) is 18.2 Å². The Morgan fingerprint density at radius 3 is 2.81 bits per heavy atom. The molecule has 116 valence electrons. The van der Waals surface area contributed by atoms with Gasteiger partial charge in [0.15, 0.2) is 11.5 Å². The van der Waals surface area contributed by atoms with E-state index >= 15 is 0 Å². The number of benzene rings is 1. The summed E-state index contributed by atoms with van der Waals surface area (Å²) >= 11 is 0. The van der Waals surface area contributed by atoms with Crippen molar-refractivity contribution in [2.45, 2.75) is 29.0 Å². The second kappa shape index (κ2) is 6.77. The zero-order chi connectivity index (χ0) is 14.7. The molecule has 0 spiro atoms. The van der Waals surface area contributed by atoms with E-state index in [-0.39, 0.29) is 11.3 Å². The summed E-state index contributed by atoms with van der Waals surface area (Å²) in [6.45, 7) is 2.54. The smallest absolute Gasteiger partial charge is 0.162 e. The second-order valence-electron chi connectivity index (χ2n) is 5.25. The van der Waals surface area contributed by atoms with Gasteiger partial charge < -0.3 is 19.5 Å². The molecule has 1 aromatic carbocycles. The maximum Gasteiger partial charge on any atom is 0.162 e. The van der Waals surface area contributed by atoms with Crippen LogP contribution >= 0.6 is 0 Å². The minimum absolute atomic E-state index is 0.0338. The molecule has 1 N–H and O–H groups in total. The first-order valence-corrected chi connectivity index (χ1v) is 8.56. The summed E-state index contributed by atoms with van der Waals surface area (Å²) in [6.07, 6.45) is 1.75. The lowest BCUT2D eigenvalue weighted by atomic mass is 10.1. The van der Waals surface area contributed by atoms with Gasteiger partial charge in [-0.2, -0.15) is 0 Å². The van der Waals surface area contributed by atoms with E-state index in [4.69, 9.17) is 14.2 Å². The van der Waals surface area contributed by atoms with Crippen LogP contribution in [-0.4, -0.2) is 49.0 Å². The molecule has 3 unspecified atom stereocenters. The first kappa shape index (κ1) is 14.8. The van der Waals surface area contributed by atoms with Gasteiger partial charge in [0.25, 0.3) is 0 Å². The number of nitrogens with one attached hydrogen (secondary N) is 1. The molecule has 0 bridgehead atoms. The van der Waals surface area contributed by atoms with Crippen molar-refractivity contribution in [2.75, 3.05) is 33.5 Å². The van der Waals surface area contributed by atoms with Crippen LogP contribution < -0.4 is 14.8 Å².